The number of amides is 1. The minimum atomic E-state index is -1.38. The summed E-state index contributed by atoms with van der Waals surface area (Å²) >= 11 is 0. The van der Waals surface area contributed by atoms with Crippen molar-refractivity contribution in [3.05, 3.63) is 29.8 Å². The average Bonchev–Trinajstić information content (AvgIpc) is 2.68. The number of unbranched alkanes of at least 4 members (excludes halogenated alkanes) is 1. The first-order valence-corrected chi connectivity index (χ1v) is 10.7. The van der Waals surface area contributed by atoms with E-state index in [2.05, 4.69) is 0 Å². The summed E-state index contributed by atoms with van der Waals surface area (Å²) in [6.07, 6.45) is 3.71. The van der Waals surface area contributed by atoms with Crippen LogP contribution in [-0.4, -0.2) is 58.6 Å². The van der Waals surface area contributed by atoms with Crippen molar-refractivity contribution in [1.29, 1.82) is 0 Å². The van der Waals surface area contributed by atoms with E-state index in [1.54, 1.807) is 24.3 Å². The number of carbonyl (C=O) groups excluding carboxylic acids is 1. The van der Waals surface area contributed by atoms with Crippen molar-refractivity contribution in [2.45, 2.75) is 71.0 Å². The van der Waals surface area contributed by atoms with Crippen LogP contribution in [0.5, 0.6) is 5.75 Å². The summed E-state index contributed by atoms with van der Waals surface area (Å²) in [7, 11) is 0. The number of nitrogens with zero attached hydrogens (tertiary/aromatic N) is 1. The van der Waals surface area contributed by atoms with Gasteiger partial charge in [-0.15, -0.1) is 0 Å². The van der Waals surface area contributed by atoms with Gasteiger partial charge in [0, 0.05) is 19.5 Å². The van der Waals surface area contributed by atoms with Crippen LogP contribution in [0.25, 0.3) is 0 Å². The highest BCUT2D eigenvalue weighted by atomic mass is 16.6. The lowest BCUT2D eigenvalue weighted by atomic mass is 9.92. The molecule has 1 saturated heterocycles. The van der Waals surface area contributed by atoms with Crippen LogP contribution in [0.2, 0.25) is 0 Å². The third kappa shape index (κ3) is 8.61. The molecule has 1 heterocycles. The van der Waals surface area contributed by atoms with E-state index in [-0.39, 0.29) is 12.5 Å². The van der Waals surface area contributed by atoms with Crippen LogP contribution in [0, 0.1) is 5.92 Å². The molecule has 30 heavy (non-hydrogen) atoms. The number of hydrogen-bond acceptors (Lipinski definition) is 5. The zero-order valence-corrected chi connectivity index (χ0v) is 18.3. The molecule has 1 atom stereocenters. The molecule has 0 saturated carbocycles. The summed E-state index contributed by atoms with van der Waals surface area (Å²) in [6, 6.07) is 7.16. The normalized spacial score (nSPS) is 16.2. The Kier molecular flexibility index (Phi) is 8.96. The molecule has 1 aromatic carbocycles. The highest BCUT2D eigenvalue weighted by Gasteiger charge is 2.26. The molecule has 1 aliphatic rings. The molecule has 0 spiro atoms. The highest BCUT2D eigenvalue weighted by molar-refractivity contribution is 5.72. The Hall–Kier alpha value is -2.28. The van der Waals surface area contributed by atoms with E-state index >= 15 is 0 Å². The zero-order chi connectivity index (χ0) is 22.1. The molecule has 1 aliphatic heterocycles. The number of hydrogen-bond donors (Lipinski definition) is 2. The van der Waals surface area contributed by atoms with Gasteiger partial charge in [0.1, 0.15) is 11.4 Å². The van der Waals surface area contributed by atoms with Crippen LogP contribution in [0.3, 0.4) is 0 Å². The quantitative estimate of drug-likeness (QED) is 0.588. The molecular weight excluding hydrogens is 386 g/mol. The fraction of sp³-hybridized carbons (Fsp3) is 0.652. The number of carboxylic acids is 1. The Bertz CT molecular complexity index is 674. The Labute approximate surface area is 179 Å². The third-order valence-corrected chi connectivity index (χ3v) is 5.18. The maximum Gasteiger partial charge on any atom is 0.410 e. The fourth-order valence-corrected chi connectivity index (χ4v) is 3.49. The summed E-state index contributed by atoms with van der Waals surface area (Å²) in [5.74, 6) is 0.170. The van der Waals surface area contributed by atoms with Gasteiger partial charge >= 0.3 is 12.1 Å². The third-order valence-electron chi connectivity index (χ3n) is 5.18. The van der Waals surface area contributed by atoms with Crippen molar-refractivity contribution in [3.63, 3.8) is 0 Å². The standard InChI is InChI=1S/C23H35NO6/c1-23(2,3)30-22(28)24-13-11-17(12-14-24)6-4-5-15-29-19-9-7-18(8-10-19)16-20(25)21(26)27/h7-10,17,20,25H,4-6,11-16H2,1-3H3,(H,26,27). The van der Waals surface area contributed by atoms with Gasteiger partial charge in [0.25, 0.3) is 0 Å². The average molecular weight is 422 g/mol. The maximum atomic E-state index is 12.1. The number of aliphatic hydroxyl groups is 1. The van der Waals surface area contributed by atoms with Gasteiger partial charge in [0.05, 0.1) is 6.61 Å². The number of likely N-dealkylation sites (tertiary alicyclic amines) is 1. The lowest BCUT2D eigenvalue weighted by molar-refractivity contribution is -0.146. The first-order valence-electron chi connectivity index (χ1n) is 10.7. The van der Waals surface area contributed by atoms with E-state index in [1.165, 1.54) is 0 Å². The van der Waals surface area contributed by atoms with E-state index in [0.717, 1.165) is 56.5 Å². The molecular formula is C23H35NO6. The summed E-state index contributed by atoms with van der Waals surface area (Å²) in [4.78, 5) is 24.6. The zero-order valence-electron chi connectivity index (χ0n) is 18.3. The van der Waals surface area contributed by atoms with Gasteiger partial charge < -0.3 is 24.6 Å². The van der Waals surface area contributed by atoms with Gasteiger partial charge in [-0.3, -0.25) is 0 Å². The fourth-order valence-electron chi connectivity index (χ4n) is 3.49. The van der Waals surface area contributed by atoms with Gasteiger partial charge in [0.15, 0.2) is 6.10 Å². The Morgan fingerprint density at radius 2 is 1.77 bits per heavy atom. The van der Waals surface area contributed by atoms with Gasteiger partial charge in [-0.05, 0) is 70.1 Å². The second kappa shape index (κ2) is 11.2. The van der Waals surface area contributed by atoms with Gasteiger partial charge in [0.2, 0.25) is 0 Å². The molecule has 1 aromatic rings. The molecule has 1 unspecified atom stereocenters. The van der Waals surface area contributed by atoms with Crippen LogP contribution in [-0.2, 0) is 16.0 Å². The molecule has 2 rings (SSSR count). The van der Waals surface area contributed by atoms with Crippen molar-refractivity contribution in [3.8, 4) is 5.75 Å². The maximum absolute atomic E-state index is 12.1. The largest absolute Gasteiger partial charge is 0.494 e. The highest BCUT2D eigenvalue weighted by Crippen LogP contribution is 2.24. The molecule has 7 heteroatoms. The van der Waals surface area contributed by atoms with E-state index in [9.17, 15) is 14.7 Å². The van der Waals surface area contributed by atoms with Crippen molar-refractivity contribution in [2.24, 2.45) is 5.92 Å². The van der Waals surface area contributed by atoms with Gasteiger partial charge in [-0.2, -0.15) is 0 Å². The molecule has 0 radical (unpaired) electrons. The predicted molar refractivity (Wildman–Crippen MR) is 114 cm³/mol. The molecule has 1 amide bonds. The lowest BCUT2D eigenvalue weighted by Crippen LogP contribution is -2.41. The van der Waals surface area contributed by atoms with Crippen LogP contribution in [0.1, 0.15) is 58.4 Å². The predicted octanol–water partition coefficient (Wildman–Crippen LogP) is 3.87. The van der Waals surface area contributed by atoms with Gasteiger partial charge in [-0.1, -0.05) is 18.6 Å². The molecule has 1 fully saturated rings. The monoisotopic (exact) mass is 421 g/mol. The van der Waals surface area contributed by atoms with Crippen molar-refractivity contribution in [1.82, 2.24) is 4.90 Å². The van der Waals surface area contributed by atoms with Crippen LogP contribution in [0.15, 0.2) is 24.3 Å². The van der Waals surface area contributed by atoms with E-state index in [1.807, 2.05) is 25.7 Å². The van der Waals surface area contributed by atoms with E-state index < -0.39 is 17.7 Å². The smallest absolute Gasteiger partial charge is 0.410 e. The summed E-state index contributed by atoms with van der Waals surface area (Å²) in [5, 5.41) is 18.1. The minimum absolute atomic E-state index is 0.0857. The van der Waals surface area contributed by atoms with Crippen molar-refractivity contribution < 1.29 is 29.3 Å². The van der Waals surface area contributed by atoms with Gasteiger partial charge in [-0.25, -0.2) is 9.59 Å². The molecule has 0 aliphatic carbocycles. The van der Waals surface area contributed by atoms with Crippen LogP contribution in [0.4, 0.5) is 4.79 Å². The number of ether oxygens (including phenoxy) is 2. The number of carboxylic acid groups (broad SMARTS) is 1. The Morgan fingerprint density at radius 1 is 1.13 bits per heavy atom. The second-order valence-electron chi connectivity index (χ2n) is 8.96. The first kappa shape index (κ1) is 24.0. The number of aliphatic carboxylic acids is 1. The second-order valence-corrected chi connectivity index (χ2v) is 8.96. The molecule has 7 nitrogen and oxygen atoms in total. The van der Waals surface area contributed by atoms with E-state index in [4.69, 9.17) is 14.6 Å². The lowest BCUT2D eigenvalue weighted by Gasteiger charge is -2.33. The molecule has 168 valence electrons. The van der Waals surface area contributed by atoms with Crippen molar-refractivity contribution in [2.75, 3.05) is 19.7 Å². The number of benzene rings is 1. The minimum Gasteiger partial charge on any atom is -0.494 e. The van der Waals surface area contributed by atoms with Crippen LogP contribution < -0.4 is 4.74 Å². The Morgan fingerprint density at radius 3 is 2.33 bits per heavy atom. The first-order chi connectivity index (χ1) is 14.1. The van der Waals surface area contributed by atoms with Crippen molar-refractivity contribution >= 4 is 12.1 Å². The number of piperidine rings is 1. The Balaban J connectivity index is 1.58. The summed E-state index contributed by atoms with van der Waals surface area (Å²) < 4.78 is 11.2. The molecule has 0 bridgehead atoms. The number of carbonyl (C=O) groups is 2. The molecule has 2 N–H and O–H groups in total. The summed E-state index contributed by atoms with van der Waals surface area (Å²) in [5.41, 5.74) is 0.309. The summed E-state index contributed by atoms with van der Waals surface area (Å²) in [6.45, 7) is 7.82. The SMILES string of the molecule is CC(C)(C)OC(=O)N1CCC(CCCCOc2ccc(CC(O)C(=O)O)cc2)CC1. The molecule has 0 aromatic heterocycles. The van der Waals surface area contributed by atoms with Crippen LogP contribution >= 0.6 is 0 Å². The number of aliphatic hydroxyl groups excluding tert-OH is 1. The van der Waals surface area contributed by atoms with E-state index in [0.29, 0.717) is 12.5 Å². The number of rotatable bonds is 9. The topological polar surface area (TPSA) is 96.3 Å².